The summed E-state index contributed by atoms with van der Waals surface area (Å²) in [7, 11) is 0. The molecule has 19 heavy (non-hydrogen) atoms. The predicted molar refractivity (Wildman–Crippen MR) is 80.2 cm³/mol. The van der Waals surface area contributed by atoms with Crippen LogP contribution in [0.5, 0.6) is 0 Å². The molecule has 1 atom stereocenters. The van der Waals surface area contributed by atoms with Crippen molar-refractivity contribution in [3.8, 4) is 0 Å². The second-order valence-electron chi connectivity index (χ2n) is 4.40. The van der Waals surface area contributed by atoms with Gasteiger partial charge in [-0.3, -0.25) is 4.98 Å². The highest BCUT2D eigenvalue weighted by molar-refractivity contribution is 7.71. The monoisotopic (exact) mass is 289 g/mol. The molecule has 0 spiro atoms. The summed E-state index contributed by atoms with van der Waals surface area (Å²) in [5.74, 6) is 0. The Hall–Kier alpha value is -1.65. The zero-order chi connectivity index (χ0) is 13.4. The fourth-order valence-corrected chi connectivity index (χ4v) is 2.90. The largest absolute Gasteiger partial charge is 0.331 e. The van der Waals surface area contributed by atoms with Crippen LogP contribution in [0.2, 0.25) is 5.02 Å². The number of benzene rings is 1. The van der Waals surface area contributed by atoms with E-state index in [1.54, 1.807) is 6.20 Å². The molecule has 3 aromatic rings. The van der Waals surface area contributed by atoms with E-state index in [9.17, 15) is 0 Å². The number of nitrogens with zero attached hydrogens (tertiary/aromatic N) is 2. The van der Waals surface area contributed by atoms with Crippen LogP contribution in [-0.4, -0.2) is 14.5 Å². The number of aromatic nitrogens is 3. The first-order valence-corrected chi connectivity index (χ1v) is 6.76. The van der Waals surface area contributed by atoms with Crippen LogP contribution >= 0.6 is 23.8 Å². The molecule has 0 fully saturated rings. The van der Waals surface area contributed by atoms with Crippen molar-refractivity contribution in [2.45, 2.75) is 13.0 Å². The first kappa shape index (κ1) is 12.4. The maximum Gasteiger partial charge on any atom is 0.178 e. The van der Waals surface area contributed by atoms with Gasteiger partial charge in [0.15, 0.2) is 4.77 Å². The highest BCUT2D eigenvalue weighted by atomic mass is 35.5. The molecular weight excluding hydrogens is 278 g/mol. The molecule has 5 heteroatoms. The maximum atomic E-state index is 6.30. The van der Waals surface area contributed by atoms with Crippen LogP contribution in [0.25, 0.3) is 11.0 Å². The van der Waals surface area contributed by atoms with Crippen LogP contribution in [0.3, 0.4) is 0 Å². The molecule has 1 N–H and O–H groups in total. The highest BCUT2D eigenvalue weighted by Gasteiger charge is 2.15. The standard InChI is InChI=1S/C14H12ClN3S/c1-9(10-4-3-7-16-8-10)18-13-11(15)5-2-6-12(13)17-14(18)19/h2-9H,1H3,(H,17,19). The summed E-state index contributed by atoms with van der Waals surface area (Å²) in [4.78, 5) is 7.35. The second kappa shape index (κ2) is 4.79. The summed E-state index contributed by atoms with van der Waals surface area (Å²) in [6, 6.07) is 9.80. The lowest BCUT2D eigenvalue weighted by atomic mass is 10.1. The molecule has 2 aromatic heterocycles. The van der Waals surface area contributed by atoms with Crippen molar-refractivity contribution in [1.29, 1.82) is 0 Å². The molecule has 0 aliphatic carbocycles. The van der Waals surface area contributed by atoms with Gasteiger partial charge in [-0.15, -0.1) is 0 Å². The van der Waals surface area contributed by atoms with Crippen LogP contribution < -0.4 is 0 Å². The highest BCUT2D eigenvalue weighted by Crippen LogP contribution is 2.28. The van der Waals surface area contributed by atoms with Crippen molar-refractivity contribution >= 4 is 34.9 Å². The summed E-state index contributed by atoms with van der Waals surface area (Å²) in [5.41, 5.74) is 2.98. The molecule has 0 saturated carbocycles. The van der Waals surface area contributed by atoms with Crippen molar-refractivity contribution in [3.63, 3.8) is 0 Å². The van der Waals surface area contributed by atoms with E-state index < -0.39 is 0 Å². The molecule has 0 bridgehead atoms. The minimum atomic E-state index is 0.0786. The average molecular weight is 290 g/mol. The van der Waals surface area contributed by atoms with E-state index in [2.05, 4.69) is 16.9 Å². The van der Waals surface area contributed by atoms with E-state index in [4.69, 9.17) is 23.8 Å². The van der Waals surface area contributed by atoms with Gasteiger partial charge in [-0.2, -0.15) is 0 Å². The molecule has 0 radical (unpaired) electrons. The Bertz CT molecular complexity index is 776. The molecule has 1 unspecified atom stereocenters. The average Bonchev–Trinajstić information content (AvgIpc) is 2.76. The molecule has 3 nitrogen and oxygen atoms in total. The van der Waals surface area contributed by atoms with Gasteiger partial charge >= 0.3 is 0 Å². The molecule has 96 valence electrons. The van der Waals surface area contributed by atoms with Gasteiger partial charge in [0.25, 0.3) is 0 Å². The van der Waals surface area contributed by atoms with Gasteiger partial charge in [-0.1, -0.05) is 23.7 Å². The first-order valence-electron chi connectivity index (χ1n) is 5.97. The molecule has 1 aromatic carbocycles. The van der Waals surface area contributed by atoms with Gasteiger partial charge in [-0.25, -0.2) is 0 Å². The number of hydrogen-bond acceptors (Lipinski definition) is 2. The maximum absolute atomic E-state index is 6.30. The number of nitrogens with one attached hydrogen (secondary N) is 1. The Morgan fingerprint density at radius 2 is 2.16 bits per heavy atom. The predicted octanol–water partition coefficient (Wildman–Crippen LogP) is 4.36. The van der Waals surface area contributed by atoms with Crippen molar-refractivity contribution in [2.75, 3.05) is 0 Å². The van der Waals surface area contributed by atoms with Gasteiger partial charge in [0.1, 0.15) is 0 Å². The van der Waals surface area contributed by atoms with Crippen molar-refractivity contribution in [2.24, 2.45) is 0 Å². The Labute approximate surface area is 120 Å². The van der Waals surface area contributed by atoms with Gasteiger partial charge in [0, 0.05) is 12.4 Å². The van der Waals surface area contributed by atoms with E-state index in [0.29, 0.717) is 9.79 Å². The van der Waals surface area contributed by atoms with Crippen molar-refractivity contribution in [1.82, 2.24) is 14.5 Å². The fraction of sp³-hybridized carbons (Fsp3) is 0.143. The fourth-order valence-electron chi connectivity index (χ4n) is 2.28. The number of H-pyrrole nitrogens is 1. The Kier molecular flexibility index (Phi) is 3.12. The number of rotatable bonds is 2. The molecular formula is C14H12ClN3S. The zero-order valence-electron chi connectivity index (χ0n) is 10.3. The summed E-state index contributed by atoms with van der Waals surface area (Å²) < 4.78 is 2.70. The molecule has 0 aliphatic rings. The number of halogens is 1. The minimum Gasteiger partial charge on any atom is -0.331 e. The van der Waals surface area contributed by atoms with E-state index in [1.807, 2.05) is 41.1 Å². The van der Waals surface area contributed by atoms with E-state index >= 15 is 0 Å². The molecule has 3 rings (SSSR count). The smallest absolute Gasteiger partial charge is 0.178 e. The van der Waals surface area contributed by atoms with E-state index in [-0.39, 0.29) is 6.04 Å². The summed E-state index contributed by atoms with van der Waals surface area (Å²) in [5, 5.41) is 0.695. The quantitative estimate of drug-likeness (QED) is 0.711. The Morgan fingerprint density at radius 1 is 1.32 bits per heavy atom. The van der Waals surface area contributed by atoms with E-state index in [1.165, 1.54) is 0 Å². The number of fused-ring (bicyclic) bond motifs is 1. The summed E-state index contributed by atoms with van der Waals surface area (Å²) in [6.45, 7) is 2.09. The van der Waals surface area contributed by atoms with Crippen LogP contribution in [-0.2, 0) is 0 Å². The Morgan fingerprint density at radius 3 is 2.89 bits per heavy atom. The normalized spacial score (nSPS) is 12.7. The van der Waals surface area contributed by atoms with Crippen LogP contribution in [0.4, 0.5) is 0 Å². The molecule has 2 heterocycles. The van der Waals surface area contributed by atoms with Gasteiger partial charge in [-0.05, 0) is 42.9 Å². The van der Waals surface area contributed by atoms with Crippen molar-refractivity contribution < 1.29 is 0 Å². The third kappa shape index (κ3) is 2.07. The number of imidazole rings is 1. The number of aromatic amines is 1. The van der Waals surface area contributed by atoms with E-state index in [0.717, 1.165) is 16.6 Å². The topological polar surface area (TPSA) is 33.6 Å². The molecule has 0 saturated heterocycles. The summed E-state index contributed by atoms with van der Waals surface area (Å²) in [6.07, 6.45) is 3.61. The summed E-state index contributed by atoms with van der Waals surface area (Å²) >= 11 is 11.7. The van der Waals surface area contributed by atoms with Gasteiger partial charge in [0.05, 0.1) is 22.1 Å². The Balaban J connectivity index is 2.26. The van der Waals surface area contributed by atoms with Gasteiger partial charge < -0.3 is 9.55 Å². The SMILES string of the molecule is CC(c1cccnc1)n1c(=S)[nH]c2cccc(Cl)c21. The molecule has 0 amide bonds. The van der Waals surface area contributed by atoms with Crippen LogP contribution in [0.15, 0.2) is 42.7 Å². The van der Waals surface area contributed by atoms with Crippen molar-refractivity contribution in [3.05, 3.63) is 58.1 Å². The number of pyridine rings is 1. The number of para-hydroxylation sites is 1. The zero-order valence-corrected chi connectivity index (χ0v) is 11.9. The first-order chi connectivity index (χ1) is 9.18. The molecule has 0 aliphatic heterocycles. The van der Waals surface area contributed by atoms with Crippen LogP contribution in [0.1, 0.15) is 18.5 Å². The minimum absolute atomic E-state index is 0.0786. The lowest BCUT2D eigenvalue weighted by molar-refractivity contribution is 0.647. The van der Waals surface area contributed by atoms with Gasteiger partial charge in [0.2, 0.25) is 0 Å². The second-order valence-corrected chi connectivity index (χ2v) is 5.19. The lowest BCUT2D eigenvalue weighted by Crippen LogP contribution is -2.07. The lowest BCUT2D eigenvalue weighted by Gasteiger charge is -2.15. The third-order valence-corrected chi connectivity index (χ3v) is 3.85. The van der Waals surface area contributed by atoms with Crippen LogP contribution in [0, 0.1) is 4.77 Å². The number of hydrogen-bond donors (Lipinski definition) is 1. The third-order valence-electron chi connectivity index (χ3n) is 3.24.